The van der Waals surface area contributed by atoms with Crippen LogP contribution in [0.15, 0.2) is 46.9 Å². The third-order valence-corrected chi connectivity index (χ3v) is 5.08. The molecule has 0 saturated heterocycles. The van der Waals surface area contributed by atoms with Gasteiger partial charge in [-0.05, 0) is 49.0 Å². The lowest BCUT2D eigenvalue weighted by molar-refractivity contribution is 0.102. The van der Waals surface area contributed by atoms with E-state index in [-0.39, 0.29) is 5.56 Å². The molecule has 1 aliphatic heterocycles. The van der Waals surface area contributed by atoms with Crippen molar-refractivity contribution in [1.29, 1.82) is 0 Å². The van der Waals surface area contributed by atoms with Crippen molar-refractivity contribution in [3.63, 3.8) is 0 Å². The summed E-state index contributed by atoms with van der Waals surface area (Å²) >= 11 is 3.19. The fraction of sp³-hybridized carbons (Fsp3) is 0.200. The Hall–Kier alpha value is -2.31. The van der Waals surface area contributed by atoms with E-state index in [1.54, 1.807) is 6.07 Å². The highest BCUT2D eigenvalue weighted by molar-refractivity contribution is 9.10. The molecule has 4 nitrogen and oxygen atoms in total. The number of nitrogens with zero attached hydrogens (tertiary/aromatic N) is 2. The number of hydrogen-bond acceptors (Lipinski definition) is 3. The van der Waals surface area contributed by atoms with Crippen LogP contribution in [0.5, 0.6) is 0 Å². The fourth-order valence-electron chi connectivity index (χ4n) is 3.22. The smallest absolute Gasteiger partial charge is 0.258 e. The molecular formula is C20H17BrFN3O. The van der Waals surface area contributed by atoms with Crippen LogP contribution in [-0.2, 0) is 13.0 Å². The lowest BCUT2D eigenvalue weighted by Gasteiger charge is -2.24. The van der Waals surface area contributed by atoms with Gasteiger partial charge in [0.25, 0.3) is 5.91 Å². The second kappa shape index (κ2) is 6.78. The molecule has 0 atom stereocenters. The largest absolute Gasteiger partial charge is 0.322 e. The molecule has 4 rings (SSSR count). The van der Waals surface area contributed by atoms with Crippen LogP contribution in [-0.4, -0.2) is 29.4 Å². The number of anilines is 1. The van der Waals surface area contributed by atoms with Crippen molar-refractivity contribution in [2.45, 2.75) is 13.0 Å². The number of pyridine rings is 1. The topological polar surface area (TPSA) is 45.2 Å². The van der Waals surface area contributed by atoms with Crippen molar-refractivity contribution in [2.24, 2.45) is 0 Å². The average molecular weight is 414 g/mol. The first-order chi connectivity index (χ1) is 12.5. The zero-order valence-electron chi connectivity index (χ0n) is 14.2. The predicted octanol–water partition coefficient (Wildman–Crippen LogP) is 4.38. The van der Waals surface area contributed by atoms with Gasteiger partial charge >= 0.3 is 0 Å². The van der Waals surface area contributed by atoms with Gasteiger partial charge in [0.15, 0.2) is 0 Å². The van der Waals surface area contributed by atoms with E-state index >= 15 is 0 Å². The third-order valence-electron chi connectivity index (χ3n) is 4.59. The Balaban J connectivity index is 1.63. The quantitative estimate of drug-likeness (QED) is 0.677. The highest BCUT2D eigenvalue weighted by Gasteiger charge is 2.16. The molecule has 0 bridgehead atoms. The number of carbonyl (C=O) groups excluding carboxylic acids is 1. The number of fused-ring (bicyclic) bond motifs is 2. The molecule has 1 aliphatic rings. The number of benzene rings is 2. The normalized spacial score (nSPS) is 14.3. The molecule has 1 N–H and O–H groups in total. The number of likely N-dealkylation sites (N-methyl/N-ethyl adjacent to an activating group) is 1. The number of aromatic nitrogens is 1. The van der Waals surface area contributed by atoms with Crippen LogP contribution in [0.3, 0.4) is 0 Å². The summed E-state index contributed by atoms with van der Waals surface area (Å²) in [4.78, 5) is 19.4. The first-order valence-corrected chi connectivity index (χ1v) is 9.16. The van der Waals surface area contributed by atoms with Gasteiger partial charge in [-0.25, -0.2) is 4.39 Å². The standard InChI is InChI=1S/C20H17BrFN3O/c1-25-7-6-18-13(11-25)8-12-2-4-15(10-19(12)24-18)23-20(26)16-5-3-14(21)9-17(16)22/h2-5,8-10H,6-7,11H2,1H3,(H,23,26). The van der Waals surface area contributed by atoms with Crippen molar-refractivity contribution >= 4 is 38.4 Å². The van der Waals surface area contributed by atoms with E-state index in [9.17, 15) is 9.18 Å². The molecule has 1 aromatic heterocycles. The van der Waals surface area contributed by atoms with Gasteiger partial charge in [-0.1, -0.05) is 22.0 Å². The molecule has 26 heavy (non-hydrogen) atoms. The predicted molar refractivity (Wildman–Crippen MR) is 104 cm³/mol. The van der Waals surface area contributed by atoms with Crippen molar-refractivity contribution in [3.8, 4) is 0 Å². The minimum Gasteiger partial charge on any atom is -0.322 e. The molecular weight excluding hydrogens is 397 g/mol. The minimum absolute atomic E-state index is 0.00901. The van der Waals surface area contributed by atoms with Gasteiger partial charge in [-0.3, -0.25) is 9.78 Å². The van der Waals surface area contributed by atoms with Gasteiger partial charge in [0.2, 0.25) is 0 Å². The van der Waals surface area contributed by atoms with Gasteiger partial charge in [0, 0.05) is 40.8 Å². The van der Waals surface area contributed by atoms with E-state index in [0.717, 1.165) is 36.1 Å². The maximum Gasteiger partial charge on any atom is 0.258 e. The number of carbonyl (C=O) groups is 1. The third kappa shape index (κ3) is 3.34. The molecule has 0 fully saturated rings. The Morgan fingerprint density at radius 3 is 2.88 bits per heavy atom. The second-order valence-electron chi connectivity index (χ2n) is 6.57. The van der Waals surface area contributed by atoms with Crippen molar-refractivity contribution in [1.82, 2.24) is 9.88 Å². The summed E-state index contributed by atoms with van der Waals surface area (Å²) in [6, 6.07) is 12.1. The Kier molecular flexibility index (Phi) is 4.46. The van der Waals surface area contributed by atoms with Gasteiger partial charge in [0.1, 0.15) is 5.82 Å². The van der Waals surface area contributed by atoms with Crippen LogP contribution in [0.4, 0.5) is 10.1 Å². The Morgan fingerprint density at radius 1 is 1.23 bits per heavy atom. The van der Waals surface area contributed by atoms with Crippen LogP contribution >= 0.6 is 15.9 Å². The molecule has 1 amide bonds. The van der Waals surface area contributed by atoms with E-state index in [4.69, 9.17) is 4.98 Å². The highest BCUT2D eigenvalue weighted by Crippen LogP contribution is 2.25. The summed E-state index contributed by atoms with van der Waals surface area (Å²) in [7, 11) is 2.10. The highest BCUT2D eigenvalue weighted by atomic mass is 79.9. The Morgan fingerprint density at radius 2 is 2.08 bits per heavy atom. The van der Waals surface area contributed by atoms with Gasteiger partial charge in [0.05, 0.1) is 11.1 Å². The van der Waals surface area contributed by atoms with Crippen LogP contribution in [0, 0.1) is 5.82 Å². The summed E-state index contributed by atoms with van der Waals surface area (Å²) in [5, 5.41) is 3.79. The van der Waals surface area contributed by atoms with E-state index in [2.05, 4.69) is 39.3 Å². The van der Waals surface area contributed by atoms with Crippen molar-refractivity contribution < 1.29 is 9.18 Å². The Bertz CT molecular complexity index is 1020. The number of amides is 1. The molecule has 3 aromatic rings. The number of rotatable bonds is 2. The van der Waals surface area contributed by atoms with Crippen LogP contribution in [0.2, 0.25) is 0 Å². The second-order valence-corrected chi connectivity index (χ2v) is 7.48. The van der Waals surface area contributed by atoms with Crippen LogP contribution in [0.1, 0.15) is 21.6 Å². The fourth-order valence-corrected chi connectivity index (χ4v) is 3.55. The van der Waals surface area contributed by atoms with Crippen molar-refractivity contribution in [3.05, 3.63) is 69.6 Å². The molecule has 132 valence electrons. The Labute approximate surface area is 159 Å². The summed E-state index contributed by atoms with van der Waals surface area (Å²) in [5.74, 6) is -1.04. The molecule has 0 aliphatic carbocycles. The minimum atomic E-state index is -0.561. The van der Waals surface area contributed by atoms with Crippen molar-refractivity contribution in [2.75, 3.05) is 18.9 Å². The monoisotopic (exact) mass is 413 g/mol. The zero-order chi connectivity index (χ0) is 18.3. The summed E-state index contributed by atoms with van der Waals surface area (Å²) in [6.45, 7) is 1.89. The van der Waals surface area contributed by atoms with Crippen LogP contribution < -0.4 is 5.32 Å². The maximum atomic E-state index is 14.0. The molecule has 2 heterocycles. The lowest BCUT2D eigenvalue weighted by Crippen LogP contribution is -2.27. The maximum absolute atomic E-state index is 14.0. The molecule has 0 unspecified atom stereocenters. The first kappa shape index (κ1) is 17.1. The molecule has 2 aromatic carbocycles. The number of hydrogen-bond donors (Lipinski definition) is 1. The van der Waals surface area contributed by atoms with Gasteiger partial charge in [-0.2, -0.15) is 0 Å². The van der Waals surface area contributed by atoms with Gasteiger partial charge < -0.3 is 10.2 Å². The number of halogens is 2. The molecule has 6 heteroatoms. The SMILES string of the molecule is CN1CCc2nc3cc(NC(=O)c4ccc(Br)cc4F)ccc3cc2C1. The van der Waals surface area contributed by atoms with E-state index in [1.165, 1.54) is 17.7 Å². The summed E-state index contributed by atoms with van der Waals surface area (Å²) < 4.78 is 14.6. The zero-order valence-corrected chi connectivity index (χ0v) is 15.8. The van der Waals surface area contributed by atoms with Gasteiger partial charge in [-0.15, -0.1) is 0 Å². The molecule has 0 radical (unpaired) electrons. The van der Waals surface area contributed by atoms with E-state index in [1.807, 2.05) is 18.2 Å². The molecule has 0 spiro atoms. The number of nitrogens with one attached hydrogen (secondary N) is 1. The van der Waals surface area contributed by atoms with E-state index in [0.29, 0.717) is 10.2 Å². The van der Waals surface area contributed by atoms with Crippen LogP contribution in [0.25, 0.3) is 10.9 Å². The average Bonchev–Trinajstić information content (AvgIpc) is 2.60. The molecule has 0 saturated carbocycles. The summed E-state index contributed by atoms with van der Waals surface area (Å²) in [5.41, 5.74) is 3.81. The lowest BCUT2D eigenvalue weighted by atomic mass is 10.0. The summed E-state index contributed by atoms with van der Waals surface area (Å²) in [6.07, 6.45) is 0.919. The first-order valence-electron chi connectivity index (χ1n) is 8.37. The van der Waals surface area contributed by atoms with E-state index < -0.39 is 11.7 Å².